The second-order valence-electron chi connectivity index (χ2n) is 3.04. The molecule has 0 bridgehead atoms. The largest absolute Gasteiger partial charge is 0.335 e. The highest BCUT2D eigenvalue weighted by Gasteiger charge is 2.16. The van der Waals surface area contributed by atoms with Crippen molar-refractivity contribution >= 4 is 65.3 Å². The average Bonchev–Trinajstić information content (AvgIpc) is 2.30. The Kier molecular flexibility index (Phi) is 5.78. The van der Waals surface area contributed by atoms with Gasteiger partial charge in [-0.3, -0.25) is 9.59 Å². The van der Waals surface area contributed by atoms with Crippen LogP contribution in [0.3, 0.4) is 0 Å². The summed E-state index contributed by atoms with van der Waals surface area (Å²) in [6.07, 6.45) is 0. The van der Waals surface area contributed by atoms with Crippen LogP contribution >= 0.6 is 47.8 Å². The monoisotopic (exact) mass is 437 g/mol. The van der Waals surface area contributed by atoms with Gasteiger partial charge in [-0.15, -0.1) is 0 Å². The number of amides is 2. The first kappa shape index (κ1) is 15.1. The third-order valence-electron chi connectivity index (χ3n) is 1.78. The van der Waals surface area contributed by atoms with E-state index in [0.717, 1.165) is 4.47 Å². The van der Waals surface area contributed by atoms with Crippen LogP contribution in [0.15, 0.2) is 25.6 Å². The van der Waals surface area contributed by atoms with Crippen LogP contribution in [0.25, 0.3) is 0 Å². The van der Waals surface area contributed by atoms with Gasteiger partial charge in [-0.2, -0.15) is 5.26 Å². The normalized spacial score (nSPS) is 9.44. The predicted molar refractivity (Wildman–Crippen MR) is 76.8 cm³/mol. The first-order chi connectivity index (χ1) is 8.45. The van der Waals surface area contributed by atoms with Gasteiger partial charge >= 0.3 is 11.8 Å². The lowest BCUT2D eigenvalue weighted by molar-refractivity contribution is -0.136. The number of nitrogens with zero attached hydrogens (tertiary/aromatic N) is 1. The second kappa shape index (κ2) is 6.87. The number of benzene rings is 1. The summed E-state index contributed by atoms with van der Waals surface area (Å²) in [5, 5.41) is 12.9. The van der Waals surface area contributed by atoms with Crippen LogP contribution in [0.5, 0.6) is 0 Å². The van der Waals surface area contributed by atoms with Crippen LogP contribution in [0.4, 0.5) is 5.69 Å². The van der Waals surface area contributed by atoms with E-state index in [2.05, 4.69) is 58.4 Å². The van der Waals surface area contributed by atoms with Gasteiger partial charge in [-0.05, 0) is 44.0 Å². The van der Waals surface area contributed by atoms with E-state index in [1.165, 1.54) is 0 Å². The number of carbonyl (C=O) groups is 2. The summed E-state index contributed by atoms with van der Waals surface area (Å²) in [6, 6.07) is 5.17. The summed E-state index contributed by atoms with van der Waals surface area (Å²) in [7, 11) is 0. The number of halogens is 3. The Bertz CT molecular complexity index is 517. The fraction of sp³-hybridized carbons (Fsp3) is 0.100. The smallest absolute Gasteiger partial charge is 0.313 e. The molecule has 5 nitrogen and oxygen atoms in total. The standard InChI is InChI=1S/C10H6Br3N3O2/c11-5-3-6(12)8(7(13)4-5)16-10(18)9(17)15-2-1-14/h3-4H,2H2,(H,15,17)(H,16,18). The number of nitrogens with one attached hydrogen (secondary N) is 2. The number of carbonyl (C=O) groups excluding carboxylic acids is 2. The van der Waals surface area contributed by atoms with Gasteiger partial charge in [0.1, 0.15) is 6.54 Å². The summed E-state index contributed by atoms with van der Waals surface area (Å²) in [5.74, 6) is -1.70. The first-order valence-electron chi connectivity index (χ1n) is 4.56. The summed E-state index contributed by atoms with van der Waals surface area (Å²) < 4.78 is 2.04. The second-order valence-corrected chi connectivity index (χ2v) is 5.66. The van der Waals surface area contributed by atoms with E-state index in [0.29, 0.717) is 14.6 Å². The third-order valence-corrected chi connectivity index (χ3v) is 3.49. The Morgan fingerprint density at radius 2 is 1.72 bits per heavy atom. The number of hydrogen-bond acceptors (Lipinski definition) is 3. The maximum Gasteiger partial charge on any atom is 0.313 e. The van der Waals surface area contributed by atoms with Gasteiger partial charge in [0.05, 0.1) is 11.8 Å². The Balaban J connectivity index is 2.83. The molecule has 0 aliphatic heterocycles. The topological polar surface area (TPSA) is 82.0 Å². The molecule has 0 spiro atoms. The van der Waals surface area contributed by atoms with Gasteiger partial charge < -0.3 is 10.6 Å². The van der Waals surface area contributed by atoms with Gasteiger partial charge in [-0.1, -0.05) is 15.9 Å². The van der Waals surface area contributed by atoms with E-state index in [4.69, 9.17) is 5.26 Å². The molecular formula is C10H6Br3N3O2. The minimum Gasteiger partial charge on any atom is -0.335 e. The Morgan fingerprint density at radius 1 is 1.17 bits per heavy atom. The molecule has 94 valence electrons. The maximum atomic E-state index is 11.5. The van der Waals surface area contributed by atoms with Crippen molar-refractivity contribution in [3.05, 3.63) is 25.6 Å². The van der Waals surface area contributed by atoms with E-state index < -0.39 is 11.8 Å². The van der Waals surface area contributed by atoms with E-state index in [-0.39, 0.29) is 6.54 Å². The van der Waals surface area contributed by atoms with Crippen molar-refractivity contribution in [1.29, 1.82) is 5.26 Å². The first-order valence-corrected chi connectivity index (χ1v) is 6.94. The van der Waals surface area contributed by atoms with Crippen molar-refractivity contribution in [2.75, 3.05) is 11.9 Å². The van der Waals surface area contributed by atoms with E-state index in [1.807, 2.05) is 0 Å². The van der Waals surface area contributed by atoms with E-state index >= 15 is 0 Å². The van der Waals surface area contributed by atoms with Gasteiger partial charge in [0.25, 0.3) is 0 Å². The zero-order valence-electron chi connectivity index (χ0n) is 8.76. The molecule has 0 atom stereocenters. The molecule has 8 heteroatoms. The van der Waals surface area contributed by atoms with Crippen LogP contribution in [-0.2, 0) is 9.59 Å². The lowest BCUT2D eigenvalue weighted by Gasteiger charge is -2.09. The Labute approximate surface area is 128 Å². The zero-order chi connectivity index (χ0) is 13.7. The maximum absolute atomic E-state index is 11.5. The molecule has 0 saturated carbocycles. The van der Waals surface area contributed by atoms with Crippen LogP contribution in [-0.4, -0.2) is 18.4 Å². The van der Waals surface area contributed by atoms with Crippen molar-refractivity contribution < 1.29 is 9.59 Å². The van der Waals surface area contributed by atoms with Gasteiger partial charge in [0, 0.05) is 13.4 Å². The summed E-state index contributed by atoms with van der Waals surface area (Å²) in [6.45, 7) is -0.213. The highest BCUT2D eigenvalue weighted by Crippen LogP contribution is 2.34. The van der Waals surface area contributed by atoms with E-state index in [1.54, 1.807) is 18.2 Å². The van der Waals surface area contributed by atoms with Crippen LogP contribution < -0.4 is 10.6 Å². The Morgan fingerprint density at radius 3 is 2.22 bits per heavy atom. The fourth-order valence-electron chi connectivity index (χ4n) is 1.03. The SMILES string of the molecule is N#CCNC(=O)C(=O)Nc1c(Br)cc(Br)cc1Br. The van der Waals surface area contributed by atoms with Crippen molar-refractivity contribution in [2.24, 2.45) is 0 Å². The molecule has 2 N–H and O–H groups in total. The molecule has 0 heterocycles. The van der Waals surface area contributed by atoms with Crippen LogP contribution in [0.2, 0.25) is 0 Å². The third kappa shape index (κ3) is 4.08. The lowest BCUT2D eigenvalue weighted by Crippen LogP contribution is -2.35. The quantitative estimate of drug-likeness (QED) is 0.549. The number of hydrogen-bond donors (Lipinski definition) is 2. The highest BCUT2D eigenvalue weighted by molar-refractivity contribution is 9.11. The van der Waals surface area contributed by atoms with Gasteiger partial charge in [0.15, 0.2) is 0 Å². The van der Waals surface area contributed by atoms with Crippen molar-refractivity contribution in [1.82, 2.24) is 5.32 Å². The molecule has 0 unspecified atom stereocenters. The van der Waals surface area contributed by atoms with E-state index in [9.17, 15) is 9.59 Å². The van der Waals surface area contributed by atoms with Crippen molar-refractivity contribution in [3.63, 3.8) is 0 Å². The lowest BCUT2D eigenvalue weighted by atomic mass is 10.3. The van der Waals surface area contributed by atoms with Gasteiger partial charge in [0.2, 0.25) is 0 Å². The minimum absolute atomic E-state index is 0.213. The molecule has 1 aromatic carbocycles. The number of rotatable bonds is 2. The number of anilines is 1. The zero-order valence-corrected chi connectivity index (χ0v) is 13.5. The van der Waals surface area contributed by atoms with Crippen LogP contribution in [0, 0.1) is 11.3 Å². The minimum atomic E-state index is -0.863. The molecule has 0 aliphatic rings. The highest BCUT2D eigenvalue weighted by atomic mass is 79.9. The van der Waals surface area contributed by atoms with Crippen molar-refractivity contribution in [3.8, 4) is 6.07 Å². The molecule has 1 rings (SSSR count). The fourth-order valence-corrected chi connectivity index (χ4v) is 3.49. The molecule has 18 heavy (non-hydrogen) atoms. The van der Waals surface area contributed by atoms with Gasteiger partial charge in [-0.25, -0.2) is 0 Å². The predicted octanol–water partition coefficient (Wildman–Crippen LogP) is 2.55. The summed E-state index contributed by atoms with van der Waals surface area (Å²) in [5.41, 5.74) is 0.440. The average molecular weight is 440 g/mol. The molecular weight excluding hydrogens is 434 g/mol. The molecule has 2 amide bonds. The number of nitriles is 1. The molecule has 0 aliphatic carbocycles. The summed E-state index contributed by atoms with van der Waals surface area (Å²) in [4.78, 5) is 22.8. The molecule has 0 aromatic heterocycles. The molecule has 0 saturated heterocycles. The molecule has 0 fully saturated rings. The molecule has 0 radical (unpaired) electrons. The van der Waals surface area contributed by atoms with Crippen LogP contribution in [0.1, 0.15) is 0 Å². The summed E-state index contributed by atoms with van der Waals surface area (Å²) >= 11 is 9.83. The molecule has 1 aromatic rings. The van der Waals surface area contributed by atoms with Crippen molar-refractivity contribution in [2.45, 2.75) is 0 Å². The Hall–Kier alpha value is -0.910.